The van der Waals surface area contributed by atoms with Crippen LogP contribution in [-0.4, -0.2) is 41.0 Å². The van der Waals surface area contributed by atoms with Gasteiger partial charge < -0.3 is 20.5 Å². The maximum Gasteiger partial charge on any atom is 0.407 e. The number of alkyl carbamates (subject to hydrolysis) is 1. The van der Waals surface area contributed by atoms with Crippen molar-refractivity contribution in [2.75, 3.05) is 6.54 Å². The maximum absolute atomic E-state index is 11.9. The third kappa shape index (κ3) is 8.02. The number of rotatable bonds is 6. The molecule has 1 saturated carbocycles. The van der Waals surface area contributed by atoms with E-state index in [1.807, 2.05) is 41.5 Å². The molecule has 5 nitrogen and oxygen atoms in total. The predicted octanol–water partition coefficient (Wildman–Crippen LogP) is 3.21. The van der Waals surface area contributed by atoms with Crippen LogP contribution in [0.1, 0.15) is 73.6 Å². The summed E-state index contributed by atoms with van der Waals surface area (Å²) in [5, 5.41) is 16.6. The first-order valence-corrected chi connectivity index (χ1v) is 8.94. The molecule has 1 rings (SSSR count). The van der Waals surface area contributed by atoms with E-state index < -0.39 is 11.2 Å². The van der Waals surface area contributed by atoms with Crippen molar-refractivity contribution >= 4 is 6.09 Å². The van der Waals surface area contributed by atoms with Crippen LogP contribution in [0.15, 0.2) is 0 Å². The van der Waals surface area contributed by atoms with Crippen molar-refractivity contribution in [3.05, 3.63) is 0 Å². The average Bonchev–Trinajstić information content (AvgIpc) is 2.41. The zero-order valence-corrected chi connectivity index (χ0v) is 15.7. The second-order valence-corrected chi connectivity index (χ2v) is 8.43. The number of nitrogens with one attached hydrogen (secondary N) is 2. The van der Waals surface area contributed by atoms with Gasteiger partial charge in [-0.2, -0.15) is 0 Å². The number of hydrogen-bond acceptors (Lipinski definition) is 4. The number of ether oxygens (including phenoxy) is 1. The highest BCUT2D eigenvalue weighted by molar-refractivity contribution is 5.67. The third-order valence-electron chi connectivity index (χ3n) is 4.61. The van der Waals surface area contributed by atoms with Crippen LogP contribution in [0.4, 0.5) is 4.79 Å². The lowest BCUT2D eigenvalue weighted by atomic mass is 9.83. The van der Waals surface area contributed by atoms with Gasteiger partial charge in [-0.3, -0.25) is 0 Å². The lowest BCUT2D eigenvalue weighted by Gasteiger charge is -2.37. The van der Waals surface area contributed by atoms with Gasteiger partial charge in [0.05, 0.1) is 5.60 Å². The second kappa shape index (κ2) is 8.34. The van der Waals surface area contributed by atoms with Gasteiger partial charge >= 0.3 is 6.09 Å². The lowest BCUT2D eigenvalue weighted by Crippen LogP contribution is -2.55. The van der Waals surface area contributed by atoms with Crippen LogP contribution in [0, 0.1) is 5.92 Å². The normalized spacial score (nSPS) is 20.0. The van der Waals surface area contributed by atoms with Crippen molar-refractivity contribution in [3.63, 3.8) is 0 Å². The summed E-state index contributed by atoms with van der Waals surface area (Å²) in [5.74, 6) is 0.531. The van der Waals surface area contributed by atoms with E-state index in [0.717, 1.165) is 0 Å². The van der Waals surface area contributed by atoms with Gasteiger partial charge in [0.2, 0.25) is 0 Å². The molecule has 0 aromatic carbocycles. The second-order valence-electron chi connectivity index (χ2n) is 8.43. The minimum atomic E-state index is -0.793. The van der Waals surface area contributed by atoms with Gasteiger partial charge in [-0.1, -0.05) is 19.3 Å². The molecule has 136 valence electrons. The Balaban J connectivity index is 2.62. The molecule has 2 unspecified atom stereocenters. The van der Waals surface area contributed by atoms with Crippen LogP contribution in [0.2, 0.25) is 0 Å². The maximum atomic E-state index is 11.9. The van der Waals surface area contributed by atoms with Gasteiger partial charge in [0.25, 0.3) is 0 Å². The molecule has 3 N–H and O–H groups in total. The van der Waals surface area contributed by atoms with Crippen molar-refractivity contribution in [2.45, 2.75) is 96.9 Å². The summed E-state index contributed by atoms with van der Waals surface area (Å²) in [6.07, 6.45) is 5.75. The molecule has 0 radical (unpaired) electrons. The van der Waals surface area contributed by atoms with Crippen LogP contribution < -0.4 is 10.6 Å². The Morgan fingerprint density at radius 3 is 2.22 bits per heavy atom. The van der Waals surface area contributed by atoms with Gasteiger partial charge in [-0.25, -0.2) is 4.79 Å². The highest BCUT2D eigenvalue weighted by Gasteiger charge is 2.30. The zero-order valence-electron chi connectivity index (χ0n) is 15.7. The van der Waals surface area contributed by atoms with E-state index in [1.54, 1.807) is 0 Å². The van der Waals surface area contributed by atoms with Crippen LogP contribution >= 0.6 is 0 Å². The summed E-state index contributed by atoms with van der Waals surface area (Å²) in [6, 6.07) is 0.110. The van der Waals surface area contributed by atoms with E-state index in [2.05, 4.69) is 10.6 Å². The first-order valence-electron chi connectivity index (χ1n) is 8.94. The molecular weight excluding hydrogens is 292 g/mol. The highest BCUT2D eigenvalue weighted by Crippen LogP contribution is 2.27. The molecule has 0 bridgehead atoms. The fraction of sp³-hybridized carbons (Fsp3) is 0.944. The molecule has 0 aliphatic heterocycles. The molecule has 1 fully saturated rings. The topological polar surface area (TPSA) is 70.6 Å². The molecule has 0 aromatic rings. The Hall–Kier alpha value is -0.810. The van der Waals surface area contributed by atoms with Crippen LogP contribution in [-0.2, 0) is 4.74 Å². The van der Waals surface area contributed by atoms with Crippen LogP contribution in [0.3, 0.4) is 0 Å². The Morgan fingerprint density at radius 1 is 1.17 bits per heavy atom. The molecule has 0 heterocycles. The number of carbonyl (C=O) groups excluding carboxylic acids is 1. The Bertz CT molecular complexity index is 365. The molecule has 23 heavy (non-hydrogen) atoms. The van der Waals surface area contributed by atoms with Crippen molar-refractivity contribution in [1.82, 2.24) is 10.6 Å². The summed E-state index contributed by atoms with van der Waals surface area (Å²) >= 11 is 0. The summed E-state index contributed by atoms with van der Waals surface area (Å²) in [7, 11) is 0. The molecule has 0 spiro atoms. The van der Waals surface area contributed by atoms with Gasteiger partial charge in [0.1, 0.15) is 5.60 Å². The first-order chi connectivity index (χ1) is 10.5. The lowest BCUT2D eigenvalue weighted by molar-refractivity contribution is 0.0332. The van der Waals surface area contributed by atoms with E-state index in [4.69, 9.17) is 4.74 Å². The molecule has 1 amide bonds. The van der Waals surface area contributed by atoms with E-state index in [9.17, 15) is 9.90 Å². The van der Waals surface area contributed by atoms with Crippen molar-refractivity contribution in [1.29, 1.82) is 0 Å². The summed E-state index contributed by atoms with van der Waals surface area (Å²) in [5.41, 5.74) is -1.28. The zero-order chi connectivity index (χ0) is 17.7. The Morgan fingerprint density at radius 2 is 1.74 bits per heavy atom. The first kappa shape index (κ1) is 20.2. The predicted molar refractivity (Wildman–Crippen MR) is 93.5 cm³/mol. The monoisotopic (exact) mass is 328 g/mol. The number of hydrogen-bond donors (Lipinski definition) is 3. The molecule has 5 heteroatoms. The van der Waals surface area contributed by atoms with Gasteiger partial charge in [-0.15, -0.1) is 0 Å². The van der Waals surface area contributed by atoms with E-state index in [1.165, 1.54) is 32.1 Å². The molecule has 0 aromatic heterocycles. The van der Waals surface area contributed by atoms with Gasteiger partial charge in [-0.05, 0) is 60.3 Å². The van der Waals surface area contributed by atoms with Crippen molar-refractivity contribution in [3.8, 4) is 0 Å². The largest absolute Gasteiger partial charge is 0.444 e. The van der Waals surface area contributed by atoms with Gasteiger partial charge in [0.15, 0.2) is 0 Å². The van der Waals surface area contributed by atoms with Gasteiger partial charge in [0, 0.05) is 18.6 Å². The number of amides is 1. The van der Waals surface area contributed by atoms with Crippen molar-refractivity contribution < 1.29 is 14.6 Å². The molecule has 1 aliphatic carbocycles. The van der Waals surface area contributed by atoms with Crippen LogP contribution in [0.5, 0.6) is 0 Å². The third-order valence-corrected chi connectivity index (χ3v) is 4.61. The summed E-state index contributed by atoms with van der Waals surface area (Å²) < 4.78 is 5.32. The summed E-state index contributed by atoms with van der Waals surface area (Å²) in [4.78, 5) is 11.9. The fourth-order valence-electron chi connectivity index (χ4n) is 2.93. The smallest absolute Gasteiger partial charge is 0.407 e. The van der Waals surface area contributed by atoms with E-state index in [-0.39, 0.29) is 18.2 Å². The summed E-state index contributed by atoms with van der Waals surface area (Å²) in [6.45, 7) is 11.7. The van der Waals surface area contributed by atoms with Crippen LogP contribution in [0.25, 0.3) is 0 Å². The minimum Gasteiger partial charge on any atom is -0.444 e. The standard InChI is InChI=1S/C18H36N2O3/c1-13(18(5,6)22)20-15(14-10-8-7-9-11-14)12-19-16(21)23-17(2,3)4/h13-15,20,22H,7-12H2,1-6H3,(H,19,21). The van der Waals surface area contributed by atoms with E-state index in [0.29, 0.717) is 12.5 Å². The Kier molecular flexibility index (Phi) is 7.33. The number of aliphatic hydroxyl groups is 1. The quantitative estimate of drug-likeness (QED) is 0.700. The number of carbonyl (C=O) groups is 1. The molecular formula is C18H36N2O3. The molecule has 2 atom stereocenters. The fourth-order valence-corrected chi connectivity index (χ4v) is 2.93. The highest BCUT2D eigenvalue weighted by atomic mass is 16.6. The average molecular weight is 328 g/mol. The minimum absolute atomic E-state index is 0.0464. The van der Waals surface area contributed by atoms with E-state index >= 15 is 0 Å². The Labute approximate surface area is 141 Å². The molecule has 1 aliphatic rings. The van der Waals surface area contributed by atoms with Crippen molar-refractivity contribution in [2.24, 2.45) is 5.92 Å². The molecule has 0 saturated heterocycles. The SMILES string of the molecule is CC(NC(CNC(=O)OC(C)(C)C)C1CCCCC1)C(C)(C)O.